The van der Waals surface area contributed by atoms with Crippen LogP contribution in [0.4, 0.5) is 0 Å². The van der Waals surface area contributed by atoms with Gasteiger partial charge >= 0.3 is 0 Å². The van der Waals surface area contributed by atoms with Crippen molar-refractivity contribution >= 4 is 0 Å². The fourth-order valence-electron chi connectivity index (χ4n) is 1.59. The van der Waals surface area contributed by atoms with Crippen molar-refractivity contribution in [3.05, 3.63) is 34.2 Å². The maximum absolute atomic E-state index is 11.9. The summed E-state index contributed by atoms with van der Waals surface area (Å²) in [5, 5.41) is 3.18. The van der Waals surface area contributed by atoms with E-state index in [1.165, 1.54) is 0 Å². The molecule has 1 fully saturated rings. The van der Waals surface area contributed by atoms with Crippen LogP contribution in [-0.4, -0.2) is 11.1 Å². The summed E-state index contributed by atoms with van der Waals surface area (Å²) >= 11 is 0. The van der Waals surface area contributed by atoms with Crippen LogP contribution in [0.15, 0.2) is 23.1 Å². The molecule has 14 heavy (non-hydrogen) atoms. The van der Waals surface area contributed by atoms with E-state index in [0.717, 1.165) is 24.9 Å². The molecule has 0 amide bonds. The fourth-order valence-corrected chi connectivity index (χ4v) is 1.59. The summed E-state index contributed by atoms with van der Waals surface area (Å²) in [5.41, 5.74) is 1.05. The minimum atomic E-state index is 0.177. The minimum Gasteiger partial charge on any atom is -0.313 e. The highest BCUT2D eigenvalue weighted by molar-refractivity contribution is 5.11. The van der Waals surface area contributed by atoms with Gasteiger partial charge in [0.05, 0.1) is 0 Å². The molecular formula is C11H16N2O. The summed E-state index contributed by atoms with van der Waals surface area (Å²) in [7, 11) is 0. The largest absolute Gasteiger partial charge is 0.313 e. The van der Waals surface area contributed by atoms with Crippen molar-refractivity contribution < 1.29 is 0 Å². The molecule has 3 heteroatoms. The van der Waals surface area contributed by atoms with Crippen molar-refractivity contribution in [1.82, 2.24) is 9.88 Å². The Kier molecular flexibility index (Phi) is 2.68. The van der Waals surface area contributed by atoms with Gasteiger partial charge in [-0.15, -0.1) is 0 Å². The lowest BCUT2D eigenvalue weighted by atomic mass is 10.2. The summed E-state index contributed by atoms with van der Waals surface area (Å²) in [4.78, 5) is 11.9. The Morgan fingerprint density at radius 2 is 2.36 bits per heavy atom. The molecule has 1 saturated carbocycles. The van der Waals surface area contributed by atoms with E-state index in [1.54, 1.807) is 0 Å². The summed E-state index contributed by atoms with van der Waals surface area (Å²) in [5.74, 6) is 0. The number of pyridine rings is 1. The fraction of sp³-hybridized carbons (Fsp3) is 0.545. The van der Waals surface area contributed by atoms with Gasteiger partial charge in [-0.25, -0.2) is 0 Å². The Hall–Kier alpha value is -1.09. The highest BCUT2D eigenvalue weighted by Gasteiger charge is 2.24. The van der Waals surface area contributed by atoms with Crippen LogP contribution >= 0.6 is 0 Å². The first kappa shape index (κ1) is 9.46. The van der Waals surface area contributed by atoms with Gasteiger partial charge < -0.3 is 9.88 Å². The maximum Gasteiger partial charge on any atom is 0.255 e. The first-order chi connectivity index (χ1) is 6.83. The molecule has 1 heterocycles. The lowest BCUT2D eigenvalue weighted by molar-refractivity contribution is 0.667. The molecule has 0 bridgehead atoms. The Morgan fingerprint density at radius 1 is 1.57 bits per heavy atom. The number of hydrogen-bond donors (Lipinski definition) is 1. The zero-order valence-electron chi connectivity index (χ0n) is 8.49. The third-order valence-electron chi connectivity index (χ3n) is 2.56. The van der Waals surface area contributed by atoms with Gasteiger partial charge in [-0.05, 0) is 25.5 Å². The van der Waals surface area contributed by atoms with Crippen LogP contribution in [0.25, 0.3) is 0 Å². The molecule has 1 N–H and O–H groups in total. The summed E-state index contributed by atoms with van der Waals surface area (Å²) < 4.78 is 1.87. The SMILES string of the molecule is CCNCc1cccn(C2CC2)c1=O. The second-order valence-corrected chi connectivity index (χ2v) is 3.76. The molecule has 76 valence electrons. The zero-order chi connectivity index (χ0) is 9.97. The van der Waals surface area contributed by atoms with Gasteiger partial charge in [0, 0.05) is 24.3 Å². The van der Waals surface area contributed by atoms with E-state index in [9.17, 15) is 4.79 Å². The van der Waals surface area contributed by atoms with Gasteiger partial charge in [0.2, 0.25) is 0 Å². The Labute approximate surface area is 83.8 Å². The van der Waals surface area contributed by atoms with E-state index in [2.05, 4.69) is 5.32 Å². The number of nitrogens with zero attached hydrogens (tertiary/aromatic N) is 1. The van der Waals surface area contributed by atoms with Crippen LogP contribution in [0.3, 0.4) is 0 Å². The van der Waals surface area contributed by atoms with Gasteiger partial charge in [-0.3, -0.25) is 4.79 Å². The smallest absolute Gasteiger partial charge is 0.255 e. The summed E-state index contributed by atoms with van der Waals surface area (Å²) in [6, 6.07) is 4.35. The lowest BCUT2D eigenvalue weighted by Gasteiger charge is -2.06. The van der Waals surface area contributed by atoms with Crippen LogP contribution in [0.2, 0.25) is 0 Å². The van der Waals surface area contributed by atoms with Crippen molar-refractivity contribution in [2.45, 2.75) is 32.4 Å². The molecule has 1 aromatic heterocycles. The van der Waals surface area contributed by atoms with E-state index >= 15 is 0 Å². The number of rotatable bonds is 4. The van der Waals surface area contributed by atoms with Gasteiger partial charge in [0.1, 0.15) is 0 Å². The van der Waals surface area contributed by atoms with Gasteiger partial charge in [-0.2, -0.15) is 0 Å². The van der Waals surface area contributed by atoms with E-state index in [-0.39, 0.29) is 5.56 Å². The molecule has 1 aliphatic carbocycles. The van der Waals surface area contributed by atoms with Crippen molar-refractivity contribution in [3.8, 4) is 0 Å². The maximum atomic E-state index is 11.9. The molecule has 1 aromatic rings. The molecule has 0 atom stereocenters. The predicted molar refractivity (Wildman–Crippen MR) is 56.4 cm³/mol. The van der Waals surface area contributed by atoms with Crippen LogP contribution < -0.4 is 10.9 Å². The normalized spacial score (nSPS) is 15.8. The molecule has 0 saturated heterocycles. The third-order valence-corrected chi connectivity index (χ3v) is 2.56. The van der Waals surface area contributed by atoms with E-state index in [0.29, 0.717) is 12.6 Å². The second kappa shape index (κ2) is 3.96. The van der Waals surface area contributed by atoms with Crippen LogP contribution in [0.1, 0.15) is 31.4 Å². The molecular weight excluding hydrogens is 176 g/mol. The van der Waals surface area contributed by atoms with Crippen LogP contribution in [0, 0.1) is 0 Å². The average Bonchev–Trinajstić information content (AvgIpc) is 3.00. The van der Waals surface area contributed by atoms with Gasteiger partial charge in [0.15, 0.2) is 0 Å². The lowest BCUT2D eigenvalue weighted by Crippen LogP contribution is -2.26. The topological polar surface area (TPSA) is 34.0 Å². The Bertz CT molecular complexity index is 366. The molecule has 3 nitrogen and oxygen atoms in total. The van der Waals surface area contributed by atoms with Crippen molar-refractivity contribution in [2.24, 2.45) is 0 Å². The van der Waals surface area contributed by atoms with Crippen LogP contribution in [-0.2, 0) is 6.54 Å². The van der Waals surface area contributed by atoms with Gasteiger partial charge in [0.25, 0.3) is 5.56 Å². The van der Waals surface area contributed by atoms with Crippen molar-refractivity contribution in [3.63, 3.8) is 0 Å². The zero-order valence-corrected chi connectivity index (χ0v) is 8.49. The molecule has 1 aliphatic rings. The van der Waals surface area contributed by atoms with E-state index in [1.807, 2.05) is 29.8 Å². The first-order valence-electron chi connectivity index (χ1n) is 5.23. The quantitative estimate of drug-likeness (QED) is 0.780. The number of aromatic nitrogens is 1. The van der Waals surface area contributed by atoms with Crippen molar-refractivity contribution in [2.75, 3.05) is 6.54 Å². The van der Waals surface area contributed by atoms with Crippen LogP contribution in [0.5, 0.6) is 0 Å². The standard InChI is InChI=1S/C11H16N2O/c1-2-12-8-9-4-3-7-13(11(9)14)10-5-6-10/h3-4,7,10,12H,2,5-6,8H2,1H3. The Balaban J connectivity index is 2.22. The van der Waals surface area contributed by atoms with Crippen molar-refractivity contribution in [1.29, 1.82) is 0 Å². The van der Waals surface area contributed by atoms with E-state index < -0.39 is 0 Å². The third kappa shape index (κ3) is 1.87. The highest BCUT2D eigenvalue weighted by atomic mass is 16.1. The average molecular weight is 192 g/mol. The monoisotopic (exact) mass is 192 g/mol. The Morgan fingerprint density at radius 3 is 3.00 bits per heavy atom. The number of nitrogens with one attached hydrogen (secondary N) is 1. The predicted octanol–water partition coefficient (Wildman–Crippen LogP) is 1.29. The molecule has 0 spiro atoms. The summed E-state index contributed by atoms with van der Waals surface area (Å²) in [6.45, 7) is 3.63. The molecule has 2 rings (SSSR count). The van der Waals surface area contributed by atoms with Gasteiger partial charge in [-0.1, -0.05) is 13.0 Å². The molecule has 0 radical (unpaired) electrons. The first-order valence-corrected chi connectivity index (χ1v) is 5.23. The number of hydrogen-bond acceptors (Lipinski definition) is 2. The minimum absolute atomic E-state index is 0.177. The molecule has 0 unspecified atom stereocenters. The highest BCUT2D eigenvalue weighted by Crippen LogP contribution is 2.33. The molecule has 0 aliphatic heterocycles. The summed E-state index contributed by atoms with van der Waals surface area (Å²) in [6.07, 6.45) is 4.21. The molecule has 0 aromatic carbocycles. The van der Waals surface area contributed by atoms with E-state index in [4.69, 9.17) is 0 Å². The second-order valence-electron chi connectivity index (χ2n) is 3.76.